The predicted octanol–water partition coefficient (Wildman–Crippen LogP) is 1.04. The van der Waals surface area contributed by atoms with Crippen LogP contribution in [0.2, 0.25) is 0 Å². The Morgan fingerprint density at radius 3 is 2.67 bits per heavy atom. The summed E-state index contributed by atoms with van der Waals surface area (Å²) in [5, 5.41) is 8.99. The number of hydrogen-bond donors (Lipinski definition) is 1. The van der Waals surface area contributed by atoms with E-state index in [2.05, 4.69) is 21.8 Å². The van der Waals surface area contributed by atoms with Gasteiger partial charge in [-0.15, -0.1) is 0 Å². The second-order valence-corrected chi connectivity index (χ2v) is 5.45. The number of carbonyl (C=O) groups is 2. The molecule has 1 saturated heterocycles. The summed E-state index contributed by atoms with van der Waals surface area (Å²) in [5.74, 6) is -2.71. The number of Topliss-reactive ketones (excluding diaryl/α,β-unsaturated/α-hetero) is 1. The van der Waals surface area contributed by atoms with E-state index in [0.717, 1.165) is 31.9 Å². The fourth-order valence-corrected chi connectivity index (χ4v) is 2.66. The first kappa shape index (κ1) is 13.8. The van der Waals surface area contributed by atoms with Crippen molar-refractivity contribution in [1.82, 2.24) is 4.90 Å². The van der Waals surface area contributed by atoms with Crippen molar-refractivity contribution in [3.8, 4) is 0 Å². The van der Waals surface area contributed by atoms with Gasteiger partial charge in [-0.3, -0.25) is 14.6 Å². The van der Waals surface area contributed by atoms with Crippen LogP contribution in [-0.2, 0) is 4.79 Å². The minimum atomic E-state index is -1.16. The molecule has 2 aliphatic rings. The molecule has 0 aromatic heterocycles. The topological polar surface area (TPSA) is 73.2 Å². The maximum absolute atomic E-state index is 12.1. The Morgan fingerprint density at radius 2 is 2.00 bits per heavy atom. The van der Waals surface area contributed by atoms with Crippen molar-refractivity contribution in [2.75, 3.05) is 38.1 Å². The van der Waals surface area contributed by atoms with Crippen LogP contribution in [0, 0.1) is 5.92 Å². The fourth-order valence-electron chi connectivity index (χ4n) is 2.66. The molecule has 1 N–H and O–H groups in total. The van der Waals surface area contributed by atoms with Crippen molar-refractivity contribution >= 4 is 29.3 Å². The third-order valence-corrected chi connectivity index (χ3v) is 4.03. The molecule has 0 amide bonds. The van der Waals surface area contributed by atoms with Gasteiger partial charge in [0.2, 0.25) is 0 Å². The van der Waals surface area contributed by atoms with E-state index >= 15 is 0 Å². The number of ketones is 1. The molecule has 0 saturated carbocycles. The number of carbonyl (C=O) groups excluding carboxylic acids is 1. The van der Waals surface area contributed by atoms with Gasteiger partial charge in [0.15, 0.2) is 11.7 Å². The zero-order valence-corrected chi connectivity index (χ0v) is 11.8. The molecule has 110 valence electrons. The third kappa shape index (κ3) is 2.54. The van der Waals surface area contributed by atoms with Crippen LogP contribution in [0.5, 0.6) is 0 Å². The van der Waals surface area contributed by atoms with E-state index in [4.69, 9.17) is 5.11 Å². The number of hydrogen-bond acceptors (Lipinski definition) is 5. The van der Waals surface area contributed by atoms with E-state index in [1.54, 1.807) is 6.07 Å². The molecule has 1 unspecified atom stereocenters. The Bertz CT molecular complexity index is 619. The van der Waals surface area contributed by atoms with Gasteiger partial charge in [0, 0.05) is 43.6 Å². The Labute approximate surface area is 122 Å². The molecule has 6 nitrogen and oxygen atoms in total. The first-order chi connectivity index (χ1) is 10.1. The largest absolute Gasteiger partial charge is 0.480 e. The number of fused-ring (bicyclic) bond motifs is 1. The quantitative estimate of drug-likeness (QED) is 0.823. The summed E-state index contributed by atoms with van der Waals surface area (Å²) < 4.78 is 0. The van der Waals surface area contributed by atoms with Crippen molar-refractivity contribution in [1.29, 1.82) is 0 Å². The van der Waals surface area contributed by atoms with Crippen LogP contribution in [0.15, 0.2) is 23.2 Å². The van der Waals surface area contributed by atoms with Gasteiger partial charge in [-0.25, -0.2) is 0 Å². The number of piperazine rings is 1. The Morgan fingerprint density at radius 1 is 1.29 bits per heavy atom. The van der Waals surface area contributed by atoms with E-state index < -0.39 is 17.7 Å². The molecule has 0 spiro atoms. The highest BCUT2D eigenvalue weighted by molar-refractivity contribution is 6.22. The molecule has 2 heterocycles. The molecule has 1 aromatic carbocycles. The number of carboxylic acid groups (broad SMARTS) is 1. The van der Waals surface area contributed by atoms with Gasteiger partial charge < -0.3 is 14.9 Å². The van der Waals surface area contributed by atoms with Gasteiger partial charge in [0.25, 0.3) is 0 Å². The lowest BCUT2D eigenvalue weighted by Crippen LogP contribution is -2.44. The van der Waals surface area contributed by atoms with Gasteiger partial charge in [-0.2, -0.15) is 0 Å². The number of carboxylic acids is 1. The average Bonchev–Trinajstić information content (AvgIpc) is 2.47. The molecule has 0 radical (unpaired) electrons. The van der Waals surface area contributed by atoms with Crippen LogP contribution in [0.3, 0.4) is 0 Å². The Hall–Kier alpha value is -2.21. The summed E-state index contributed by atoms with van der Waals surface area (Å²) in [7, 11) is 2.10. The van der Waals surface area contributed by atoms with Gasteiger partial charge >= 0.3 is 5.97 Å². The molecule has 21 heavy (non-hydrogen) atoms. The molecule has 3 rings (SSSR count). The number of benzene rings is 1. The highest BCUT2D eigenvalue weighted by Crippen LogP contribution is 2.31. The molecule has 2 aliphatic heterocycles. The molecule has 1 fully saturated rings. The van der Waals surface area contributed by atoms with Gasteiger partial charge in [-0.1, -0.05) is 0 Å². The maximum atomic E-state index is 12.1. The van der Waals surface area contributed by atoms with Crippen LogP contribution in [-0.4, -0.2) is 61.2 Å². The molecule has 0 bridgehead atoms. The Kier molecular flexibility index (Phi) is 3.47. The summed E-state index contributed by atoms with van der Waals surface area (Å²) in [6.07, 6.45) is 1.22. The van der Waals surface area contributed by atoms with Crippen molar-refractivity contribution in [3.63, 3.8) is 0 Å². The van der Waals surface area contributed by atoms with Crippen molar-refractivity contribution in [2.45, 2.75) is 0 Å². The summed E-state index contributed by atoms with van der Waals surface area (Å²) in [6, 6.07) is 5.44. The average molecular weight is 287 g/mol. The van der Waals surface area contributed by atoms with Crippen LogP contribution in [0.1, 0.15) is 10.4 Å². The maximum Gasteiger partial charge on any atom is 0.319 e. The lowest BCUT2D eigenvalue weighted by molar-refractivity contribution is -0.137. The lowest BCUT2D eigenvalue weighted by atomic mass is 9.94. The summed E-state index contributed by atoms with van der Waals surface area (Å²) in [4.78, 5) is 31.8. The number of aliphatic carboxylic acids is 1. The fraction of sp³-hybridized carbons (Fsp3) is 0.400. The zero-order valence-electron chi connectivity index (χ0n) is 11.8. The van der Waals surface area contributed by atoms with E-state index in [-0.39, 0.29) is 0 Å². The van der Waals surface area contributed by atoms with Gasteiger partial charge in [-0.05, 0) is 25.2 Å². The van der Waals surface area contributed by atoms with E-state index in [9.17, 15) is 9.59 Å². The van der Waals surface area contributed by atoms with E-state index in [0.29, 0.717) is 11.3 Å². The number of rotatable bonds is 2. The summed E-state index contributed by atoms with van der Waals surface area (Å²) >= 11 is 0. The highest BCUT2D eigenvalue weighted by atomic mass is 16.4. The van der Waals surface area contributed by atoms with Crippen LogP contribution < -0.4 is 4.90 Å². The van der Waals surface area contributed by atoms with Crippen LogP contribution in [0.25, 0.3) is 0 Å². The standard InChI is InChI=1S/C15H17N3O3/c1-17-4-6-18(7-5-17)10-2-3-11-13(8-10)16-9-12(14(11)19)15(20)21/h2-3,8-9,12H,4-7H2,1H3,(H,20,21). The van der Waals surface area contributed by atoms with Crippen molar-refractivity contribution in [3.05, 3.63) is 23.8 Å². The number of nitrogens with zero attached hydrogens (tertiary/aromatic N) is 3. The highest BCUT2D eigenvalue weighted by Gasteiger charge is 2.30. The molecular formula is C15H17N3O3. The summed E-state index contributed by atoms with van der Waals surface area (Å²) in [5.41, 5.74) is 1.98. The Balaban J connectivity index is 1.87. The van der Waals surface area contributed by atoms with Gasteiger partial charge in [0.1, 0.15) is 0 Å². The first-order valence-electron chi connectivity index (χ1n) is 6.95. The predicted molar refractivity (Wildman–Crippen MR) is 79.8 cm³/mol. The minimum Gasteiger partial charge on any atom is -0.480 e. The van der Waals surface area contributed by atoms with E-state index in [1.165, 1.54) is 6.21 Å². The molecule has 1 atom stereocenters. The minimum absolute atomic E-state index is 0.391. The second-order valence-electron chi connectivity index (χ2n) is 5.45. The van der Waals surface area contributed by atoms with Crippen LogP contribution in [0.4, 0.5) is 11.4 Å². The molecule has 6 heteroatoms. The second kappa shape index (κ2) is 5.29. The number of anilines is 1. The molecular weight excluding hydrogens is 270 g/mol. The smallest absolute Gasteiger partial charge is 0.319 e. The molecule has 0 aliphatic carbocycles. The van der Waals surface area contributed by atoms with Gasteiger partial charge in [0.05, 0.1) is 5.69 Å². The van der Waals surface area contributed by atoms with Crippen LogP contribution >= 0.6 is 0 Å². The normalized spacial score (nSPS) is 22.2. The van der Waals surface area contributed by atoms with Crippen molar-refractivity contribution in [2.24, 2.45) is 10.9 Å². The summed E-state index contributed by atoms with van der Waals surface area (Å²) in [6.45, 7) is 3.87. The zero-order chi connectivity index (χ0) is 15.0. The monoisotopic (exact) mass is 287 g/mol. The number of aliphatic imine (C=N–C) groups is 1. The first-order valence-corrected chi connectivity index (χ1v) is 6.95. The van der Waals surface area contributed by atoms with E-state index in [1.807, 2.05) is 12.1 Å². The molecule has 1 aromatic rings. The SMILES string of the molecule is CN1CCN(c2ccc3c(c2)N=CC(C(=O)O)C3=O)CC1. The third-order valence-electron chi connectivity index (χ3n) is 4.03. The number of likely N-dealkylation sites (N-methyl/N-ethyl adjacent to an activating group) is 1. The van der Waals surface area contributed by atoms with Crippen molar-refractivity contribution < 1.29 is 14.7 Å². The lowest BCUT2D eigenvalue weighted by Gasteiger charge is -2.34.